The molecule has 5 nitrogen and oxygen atoms in total. The fourth-order valence-corrected chi connectivity index (χ4v) is 2.19. The number of ether oxygens (including phenoxy) is 3. The molecular weight excluding hydrogens is 284 g/mol. The molecule has 0 atom stereocenters. The maximum atomic E-state index is 11.6. The van der Waals surface area contributed by atoms with Crippen LogP contribution in [0.25, 0.3) is 10.8 Å². The van der Waals surface area contributed by atoms with Crippen LogP contribution in [0.15, 0.2) is 30.3 Å². The summed E-state index contributed by atoms with van der Waals surface area (Å²) in [6.07, 6.45) is 0.778. The van der Waals surface area contributed by atoms with E-state index in [9.17, 15) is 9.59 Å². The van der Waals surface area contributed by atoms with E-state index in [0.717, 1.165) is 22.8 Å². The number of ketones is 1. The van der Waals surface area contributed by atoms with Gasteiger partial charge in [-0.05, 0) is 23.4 Å². The molecule has 5 heteroatoms. The van der Waals surface area contributed by atoms with Gasteiger partial charge in [0.25, 0.3) is 0 Å². The Kier molecular flexibility index (Phi) is 5.12. The number of Topliss-reactive ketones (excluding diaryl/α,β-unsaturated/α-hetero) is 1. The first-order chi connectivity index (χ1) is 10.6. The van der Waals surface area contributed by atoms with Crippen LogP contribution in [0.4, 0.5) is 0 Å². The molecule has 0 radical (unpaired) electrons. The number of benzene rings is 2. The zero-order chi connectivity index (χ0) is 16.1. The van der Waals surface area contributed by atoms with Crippen LogP contribution in [0.2, 0.25) is 0 Å². The maximum Gasteiger partial charge on any atom is 0.379 e. The van der Waals surface area contributed by atoms with Gasteiger partial charge in [0.05, 0.1) is 0 Å². The largest absolute Gasteiger partial charge is 0.467 e. The van der Waals surface area contributed by atoms with E-state index in [4.69, 9.17) is 14.2 Å². The third kappa shape index (κ3) is 3.43. The fourth-order valence-electron chi connectivity index (χ4n) is 2.19. The highest BCUT2D eigenvalue weighted by atomic mass is 16.7. The molecule has 0 unspecified atom stereocenters. The van der Waals surface area contributed by atoms with Gasteiger partial charge in [-0.3, -0.25) is 4.79 Å². The minimum Gasteiger partial charge on any atom is -0.467 e. The molecule has 0 heterocycles. The van der Waals surface area contributed by atoms with Crippen LogP contribution >= 0.6 is 0 Å². The van der Waals surface area contributed by atoms with Gasteiger partial charge in [-0.25, -0.2) is 4.79 Å². The van der Waals surface area contributed by atoms with E-state index in [1.165, 1.54) is 14.0 Å². The normalized spacial score (nSPS) is 10.5. The highest BCUT2D eigenvalue weighted by Crippen LogP contribution is 2.34. The minimum absolute atomic E-state index is 0.0824. The Morgan fingerprint density at radius 1 is 1.18 bits per heavy atom. The van der Waals surface area contributed by atoms with Crippen molar-refractivity contribution in [2.24, 2.45) is 0 Å². The molecule has 0 aliphatic rings. The van der Waals surface area contributed by atoms with Crippen molar-refractivity contribution < 1.29 is 23.8 Å². The smallest absolute Gasteiger partial charge is 0.379 e. The van der Waals surface area contributed by atoms with Crippen LogP contribution in [0.5, 0.6) is 11.5 Å². The first kappa shape index (κ1) is 16.0. The van der Waals surface area contributed by atoms with Gasteiger partial charge in [-0.15, -0.1) is 0 Å². The molecule has 0 amide bonds. The van der Waals surface area contributed by atoms with Crippen LogP contribution in [0, 0.1) is 0 Å². The molecule has 116 valence electrons. The predicted molar refractivity (Wildman–Crippen MR) is 82.1 cm³/mol. The van der Waals surface area contributed by atoms with E-state index >= 15 is 0 Å². The molecule has 0 fully saturated rings. The highest BCUT2D eigenvalue weighted by molar-refractivity contribution is 6.33. The Labute approximate surface area is 128 Å². The standard InChI is InChI=1S/C17H18O5/c1-4-12-6-5-7-13-8-14(21-10-20-3)9-15(16(12)13)22-17(19)11(2)18/h5-9H,4,10H2,1-3H3. The van der Waals surface area contributed by atoms with Crippen LogP contribution in [0.1, 0.15) is 19.4 Å². The first-order valence-corrected chi connectivity index (χ1v) is 6.97. The number of carbonyl (C=O) groups excluding carboxylic acids is 2. The van der Waals surface area contributed by atoms with Gasteiger partial charge in [0.15, 0.2) is 6.79 Å². The van der Waals surface area contributed by atoms with Crippen LogP contribution < -0.4 is 9.47 Å². The van der Waals surface area contributed by atoms with Crippen molar-refractivity contribution in [2.75, 3.05) is 13.9 Å². The van der Waals surface area contributed by atoms with E-state index in [1.807, 2.05) is 31.2 Å². The van der Waals surface area contributed by atoms with Gasteiger partial charge in [-0.1, -0.05) is 25.1 Å². The molecule has 0 N–H and O–H groups in total. The van der Waals surface area contributed by atoms with E-state index in [1.54, 1.807) is 6.07 Å². The number of rotatable bonds is 6. The molecular formula is C17H18O5. The molecule has 0 spiro atoms. The Balaban J connectivity index is 2.56. The summed E-state index contributed by atoms with van der Waals surface area (Å²) in [6, 6.07) is 9.24. The number of methoxy groups -OCH3 is 1. The lowest BCUT2D eigenvalue weighted by atomic mass is 10.0. The Morgan fingerprint density at radius 3 is 2.59 bits per heavy atom. The zero-order valence-electron chi connectivity index (χ0n) is 12.8. The Bertz CT molecular complexity index is 706. The monoisotopic (exact) mass is 302 g/mol. The molecule has 2 aromatic rings. The van der Waals surface area contributed by atoms with Crippen molar-refractivity contribution in [3.8, 4) is 11.5 Å². The van der Waals surface area contributed by atoms with E-state index in [-0.39, 0.29) is 6.79 Å². The zero-order valence-corrected chi connectivity index (χ0v) is 12.8. The summed E-state index contributed by atoms with van der Waals surface area (Å²) >= 11 is 0. The summed E-state index contributed by atoms with van der Waals surface area (Å²) in [7, 11) is 1.52. The molecule has 0 aliphatic heterocycles. The summed E-state index contributed by atoms with van der Waals surface area (Å²) < 4.78 is 15.5. The summed E-state index contributed by atoms with van der Waals surface area (Å²) in [5.74, 6) is -0.711. The van der Waals surface area contributed by atoms with Gasteiger partial charge in [0.2, 0.25) is 5.78 Å². The Hall–Kier alpha value is -2.40. The number of esters is 1. The van der Waals surface area contributed by atoms with Gasteiger partial charge in [0, 0.05) is 25.5 Å². The van der Waals surface area contributed by atoms with Crippen LogP contribution in [-0.2, 0) is 20.7 Å². The molecule has 0 saturated carbocycles. The maximum absolute atomic E-state index is 11.6. The second-order valence-corrected chi connectivity index (χ2v) is 4.79. The van der Waals surface area contributed by atoms with E-state index in [0.29, 0.717) is 11.5 Å². The van der Waals surface area contributed by atoms with Crippen molar-refractivity contribution in [1.82, 2.24) is 0 Å². The average Bonchev–Trinajstić information content (AvgIpc) is 2.51. The third-order valence-electron chi connectivity index (χ3n) is 3.21. The predicted octanol–water partition coefficient (Wildman–Crippen LogP) is 2.88. The number of hydrogen-bond donors (Lipinski definition) is 0. The van der Waals surface area contributed by atoms with Gasteiger partial charge in [-0.2, -0.15) is 0 Å². The van der Waals surface area contributed by atoms with Gasteiger partial charge < -0.3 is 14.2 Å². The second kappa shape index (κ2) is 7.04. The summed E-state index contributed by atoms with van der Waals surface area (Å²) in [5.41, 5.74) is 1.03. The molecule has 0 saturated heterocycles. The number of fused-ring (bicyclic) bond motifs is 1. The summed E-state index contributed by atoms with van der Waals surface area (Å²) in [6.45, 7) is 3.27. The summed E-state index contributed by atoms with van der Waals surface area (Å²) in [4.78, 5) is 22.8. The number of aryl methyl sites for hydroxylation is 1. The van der Waals surface area contributed by atoms with Crippen molar-refractivity contribution in [3.05, 3.63) is 35.9 Å². The van der Waals surface area contributed by atoms with Gasteiger partial charge >= 0.3 is 5.97 Å². The highest BCUT2D eigenvalue weighted by Gasteiger charge is 2.16. The van der Waals surface area contributed by atoms with Crippen molar-refractivity contribution in [1.29, 1.82) is 0 Å². The second-order valence-electron chi connectivity index (χ2n) is 4.79. The topological polar surface area (TPSA) is 61.8 Å². The quantitative estimate of drug-likeness (QED) is 0.355. The molecule has 22 heavy (non-hydrogen) atoms. The molecule has 0 bridgehead atoms. The third-order valence-corrected chi connectivity index (χ3v) is 3.21. The molecule has 0 aliphatic carbocycles. The van der Waals surface area contributed by atoms with E-state index < -0.39 is 11.8 Å². The molecule has 2 aromatic carbocycles. The van der Waals surface area contributed by atoms with Crippen LogP contribution in [-0.4, -0.2) is 25.7 Å². The Morgan fingerprint density at radius 2 is 1.95 bits per heavy atom. The molecule has 0 aromatic heterocycles. The van der Waals surface area contributed by atoms with E-state index in [2.05, 4.69) is 0 Å². The minimum atomic E-state index is -0.893. The lowest BCUT2D eigenvalue weighted by molar-refractivity contribution is -0.145. The van der Waals surface area contributed by atoms with Gasteiger partial charge in [0.1, 0.15) is 11.5 Å². The fraction of sp³-hybridized carbons (Fsp3) is 0.294. The summed E-state index contributed by atoms with van der Waals surface area (Å²) in [5, 5.41) is 1.68. The molecule has 2 rings (SSSR count). The van der Waals surface area contributed by atoms with Crippen molar-refractivity contribution >= 4 is 22.5 Å². The van der Waals surface area contributed by atoms with Crippen molar-refractivity contribution in [2.45, 2.75) is 20.3 Å². The van der Waals surface area contributed by atoms with Crippen molar-refractivity contribution in [3.63, 3.8) is 0 Å². The lowest BCUT2D eigenvalue weighted by Crippen LogP contribution is -2.17. The SMILES string of the molecule is CCc1cccc2cc(OCOC)cc(OC(=O)C(C)=O)c12. The van der Waals surface area contributed by atoms with Crippen LogP contribution in [0.3, 0.4) is 0 Å². The number of carbonyl (C=O) groups is 2. The average molecular weight is 302 g/mol. The lowest BCUT2D eigenvalue weighted by Gasteiger charge is -2.13. The number of hydrogen-bond acceptors (Lipinski definition) is 5. The first-order valence-electron chi connectivity index (χ1n) is 6.97.